The highest BCUT2D eigenvalue weighted by molar-refractivity contribution is 8.01. The van der Waals surface area contributed by atoms with E-state index in [4.69, 9.17) is 10.0 Å². The molecule has 120 valence electrons. The Bertz CT molecular complexity index is 552. The number of carbonyl (C=O) groups is 2. The number of Topliss-reactive ketones (excluding diaryl/α,β-unsaturated/α-hetero) is 1. The van der Waals surface area contributed by atoms with E-state index in [0.717, 1.165) is 0 Å². The minimum Gasteiger partial charge on any atom is -0.481 e. The molecule has 22 heavy (non-hydrogen) atoms. The van der Waals surface area contributed by atoms with Crippen LogP contribution in [-0.4, -0.2) is 44.5 Å². The molecular weight excluding hydrogens is 303 g/mol. The van der Waals surface area contributed by atoms with Crippen molar-refractivity contribution in [3.05, 3.63) is 29.8 Å². The van der Waals surface area contributed by atoms with Gasteiger partial charge in [-0.2, -0.15) is 0 Å². The lowest BCUT2D eigenvalue weighted by Crippen LogP contribution is -2.43. The molecule has 1 rings (SSSR count). The Morgan fingerprint density at radius 2 is 1.59 bits per heavy atom. The van der Waals surface area contributed by atoms with Crippen LogP contribution in [0.15, 0.2) is 24.3 Å². The highest BCUT2D eigenvalue weighted by atomic mass is 32.2. The van der Waals surface area contributed by atoms with E-state index in [9.17, 15) is 14.7 Å². The monoisotopic (exact) mass is 324 g/mol. The topological polar surface area (TPSA) is 94.8 Å². The minimum absolute atomic E-state index is 0.127. The number of carboxylic acids is 1. The van der Waals surface area contributed by atoms with E-state index in [2.05, 4.69) is 0 Å². The van der Waals surface area contributed by atoms with Gasteiger partial charge in [-0.05, 0) is 33.2 Å². The van der Waals surface area contributed by atoms with Crippen molar-refractivity contribution in [2.45, 2.75) is 32.4 Å². The van der Waals surface area contributed by atoms with Crippen molar-refractivity contribution in [2.24, 2.45) is 5.41 Å². The van der Waals surface area contributed by atoms with E-state index < -0.39 is 23.2 Å². The Labute approximate surface area is 134 Å². The summed E-state index contributed by atoms with van der Waals surface area (Å²) < 4.78 is -0.615. The molecular formula is C15H21BO5S. The molecule has 0 aromatic heterocycles. The maximum absolute atomic E-state index is 12.2. The first-order valence-corrected chi connectivity index (χ1v) is 7.84. The highest BCUT2D eigenvalue weighted by Gasteiger charge is 2.44. The zero-order chi connectivity index (χ0) is 17.1. The van der Waals surface area contributed by atoms with Crippen LogP contribution in [0.3, 0.4) is 0 Å². The van der Waals surface area contributed by atoms with E-state index >= 15 is 0 Å². The van der Waals surface area contributed by atoms with Gasteiger partial charge in [0.05, 0.1) is 11.2 Å². The molecule has 0 fully saturated rings. The number of carbonyl (C=O) groups excluding carboxylic acids is 1. The summed E-state index contributed by atoms with van der Waals surface area (Å²) in [6, 6.07) is 6.03. The van der Waals surface area contributed by atoms with E-state index in [1.54, 1.807) is 13.8 Å². The summed E-state index contributed by atoms with van der Waals surface area (Å²) in [7, 11) is -1.56. The van der Waals surface area contributed by atoms with Gasteiger partial charge in [0.2, 0.25) is 0 Å². The summed E-state index contributed by atoms with van der Waals surface area (Å²) >= 11 is 1.30. The number of benzene rings is 1. The standard InChI is InChI=1S/C15H21BO5S/c1-14(2,13(18)19)15(3,4)22-9-12(17)10-5-7-11(8-6-10)16(20)21/h5-8,20-21H,9H2,1-4H3,(H,18,19). The molecule has 0 saturated carbocycles. The first-order valence-electron chi connectivity index (χ1n) is 6.85. The van der Waals surface area contributed by atoms with E-state index in [1.807, 2.05) is 13.8 Å². The first-order chi connectivity index (χ1) is 9.99. The second kappa shape index (κ2) is 6.85. The maximum atomic E-state index is 12.2. The molecule has 0 aliphatic carbocycles. The number of rotatable bonds is 7. The van der Waals surface area contributed by atoms with Gasteiger partial charge < -0.3 is 15.2 Å². The highest BCUT2D eigenvalue weighted by Crippen LogP contribution is 2.42. The van der Waals surface area contributed by atoms with Crippen LogP contribution in [0.4, 0.5) is 0 Å². The van der Waals surface area contributed by atoms with Gasteiger partial charge in [-0.3, -0.25) is 9.59 Å². The lowest BCUT2D eigenvalue weighted by atomic mass is 9.80. The Hall–Kier alpha value is -1.31. The molecule has 0 atom stereocenters. The van der Waals surface area contributed by atoms with Crippen LogP contribution in [0, 0.1) is 5.41 Å². The van der Waals surface area contributed by atoms with Gasteiger partial charge in [-0.25, -0.2) is 0 Å². The molecule has 7 heteroatoms. The van der Waals surface area contributed by atoms with Gasteiger partial charge in [-0.15, -0.1) is 11.8 Å². The third-order valence-corrected chi connectivity index (χ3v) is 5.77. The molecule has 1 aromatic rings. The van der Waals surface area contributed by atoms with Gasteiger partial charge in [0, 0.05) is 10.3 Å². The van der Waals surface area contributed by atoms with Crippen molar-refractivity contribution in [1.82, 2.24) is 0 Å². The fourth-order valence-electron chi connectivity index (χ4n) is 1.61. The van der Waals surface area contributed by atoms with Gasteiger partial charge in [0.25, 0.3) is 0 Å². The quantitative estimate of drug-likeness (QED) is 0.515. The normalized spacial score (nSPS) is 12.1. The molecule has 3 N–H and O–H groups in total. The van der Waals surface area contributed by atoms with Gasteiger partial charge in [0.15, 0.2) is 5.78 Å². The Morgan fingerprint density at radius 3 is 2.00 bits per heavy atom. The SMILES string of the molecule is CC(C)(SCC(=O)c1ccc(B(O)O)cc1)C(C)(C)C(=O)O. The average Bonchev–Trinajstić information content (AvgIpc) is 2.44. The molecule has 0 saturated heterocycles. The van der Waals surface area contributed by atoms with E-state index in [0.29, 0.717) is 11.0 Å². The van der Waals surface area contributed by atoms with Crippen LogP contribution in [0.25, 0.3) is 0 Å². The van der Waals surface area contributed by atoms with Gasteiger partial charge in [-0.1, -0.05) is 24.3 Å². The molecule has 0 spiro atoms. The fraction of sp³-hybridized carbons (Fsp3) is 0.467. The summed E-state index contributed by atoms with van der Waals surface area (Å²) in [5, 5.41) is 27.3. The lowest BCUT2D eigenvalue weighted by molar-refractivity contribution is -0.148. The largest absolute Gasteiger partial charge is 0.488 e. The molecule has 1 aromatic carbocycles. The summed E-state index contributed by atoms with van der Waals surface area (Å²) in [6.45, 7) is 6.91. The van der Waals surface area contributed by atoms with Crippen molar-refractivity contribution in [1.29, 1.82) is 0 Å². The number of thioether (sulfide) groups is 1. The lowest BCUT2D eigenvalue weighted by Gasteiger charge is -2.37. The zero-order valence-corrected chi connectivity index (χ0v) is 14.0. The third kappa shape index (κ3) is 4.12. The van der Waals surface area contributed by atoms with Crippen molar-refractivity contribution in [3.8, 4) is 0 Å². The van der Waals surface area contributed by atoms with Crippen molar-refractivity contribution >= 4 is 36.1 Å². The Balaban J connectivity index is 2.75. The van der Waals surface area contributed by atoms with Crippen LogP contribution in [0.5, 0.6) is 0 Å². The molecule has 0 heterocycles. The van der Waals surface area contributed by atoms with Gasteiger partial charge in [0.1, 0.15) is 0 Å². The van der Waals surface area contributed by atoms with E-state index in [1.165, 1.54) is 36.0 Å². The number of aliphatic carboxylic acids is 1. The van der Waals surface area contributed by atoms with Crippen LogP contribution in [0.1, 0.15) is 38.1 Å². The van der Waals surface area contributed by atoms with E-state index in [-0.39, 0.29) is 11.5 Å². The van der Waals surface area contributed by atoms with Crippen molar-refractivity contribution < 1.29 is 24.7 Å². The van der Waals surface area contributed by atoms with Crippen molar-refractivity contribution in [2.75, 3.05) is 5.75 Å². The first kappa shape index (κ1) is 18.7. The number of hydrogen-bond donors (Lipinski definition) is 3. The summed E-state index contributed by atoms with van der Waals surface area (Å²) in [6.07, 6.45) is 0. The average molecular weight is 324 g/mol. The summed E-state index contributed by atoms with van der Waals surface area (Å²) in [4.78, 5) is 23.5. The number of hydrogen-bond acceptors (Lipinski definition) is 5. The maximum Gasteiger partial charge on any atom is 0.488 e. The predicted octanol–water partition coefficient (Wildman–Crippen LogP) is 1.17. The summed E-state index contributed by atoms with van der Waals surface area (Å²) in [5.41, 5.74) is -0.194. The number of carboxylic acid groups (broad SMARTS) is 1. The molecule has 0 aliphatic rings. The summed E-state index contributed by atoms with van der Waals surface area (Å²) in [5.74, 6) is -0.873. The van der Waals surface area contributed by atoms with Crippen LogP contribution in [-0.2, 0) is 4.79 Å². The molecule has 0 amide bonds. The van der Waals surface area contributed by atoms with Crippen LogP contribution < -0.4 is 5.46 Å². The zero-order valence-electron chi connectivity index (χ0n) is 13.2. The van der Waals surface area contributed by atoms with Gasteiger partial charge >= 0.3 is 13.1 Å². The smallest absolute Gasteiger partial charge is 0.481 e. The molecule has 0 bridgehead atoms. The van der Waals surface area contributed by atoms with Crippen LogP contribution >= 0.6 is 11.8 Å². The molecule has 0 radical (unpaired) electrons. The second-order valence-electron chi connectivity index (χ2n) is 6.15. The molecule has 5 nitrogen and oxygen atoms in total. The Morgan fingerprint density at radius 1 is 1.09 bits per heavy atom. The Kier molecular flexibility index (Phi) is 5.84. The minimum atomic E-state index is -1.56. The van der Waals surface area contributed by atoms with Crippen LogP contribution in [0.2, 0.25) is 0 Å². The molecule has 0 unspecified atom stereocenters. The number of ketones is 1. The third-order valence-electron chi connectivity index (χ3n) is 4.13. The molecule has 0 aliphatic heterocycles. The van der Waals surface area contributed by atoms with Crippen molar-refractivity contribution in [3.63, 3.8) is 0 Å². The predicted molar refractivity (Wildman–Crippen MR) is 88.6 cm³/mol. The fourth-order valence-corrected chi connectivity index (χ4v) is 2.72. The second-order valence-corrected chi connectivity index (χ2v) is 7.75.